The third kappa shape index (κ3) is 8.91. The molecule has 0 aliphatic heterocycles. The van der Waals surface area contributed by atoms with Gasteiger partial charge in [0.05, 0.1) is 19.0 Å². The molecule has 0 saturated carbocycles. The maximum absolute atomic E-state index is 12.6. The minimum absolute atomic E-state index is 0.0965. The molecule has 0 spiro atoms. The molecule has 15 heteroatoms. The molecular weight excluding hydrogens is 448 g/mol. The number of hydrogen-bond donors (Lipinski definition) is 9. The number of carboxylic acid groups (broad SMARTS) is 2. The zero-order chi connectivity index (χ0) is 24.3. The monoisotopic (exact) mass is 474 g/mol. The second kappa shape index (κ2) is 13.3. The molecule has 1 heterocycles. The summed E-state index contributed by atoms with van der Waals surface area (Å²) in [5.74, 6) is -5.32. The van der Waals surface area contributed by atoms with Gasteiger partial charge in [-0.15, -0.1) is 0 Å². The van der Waals surface area contributed by atoms with Gasteiger partial charge in [0.2, 0.25) is 17.7 Å². The molecule has 1 aromatic heterocycles. The van der Waals surface area contributed by atoms with Crippen molar-refractivity contribution < 1.29 is 39.3 Å². The van der Waals surface area contributed by atoms with Crippen molar-refractivity contribution in [3.63, 3.8) is 0 Å². The van der Waals surface area contributed by atoms with Crippen LogP contribution in [0.2, 0.25) is 0 Å². The number of nitrogens with two attached hydrogens (primary N) is 1. The van der Waals surface area contributed by atoms with E-state index in [0.717, 1.165) is 0 Å². The summed E-state index contributed by atoms with van der Waals surface area (Å²) in [7, 11) is 0. The molecule has 0 aromatic carbocycles. The van der Waals surface area contributed by atoms with Gasteiger partial charge in [-0.05, 0) is 6.42 Å². The van der Waals surface area contributed by atoms with E-state index in [0.29, 0.717) is 5.69 Å². The summed E-state index contributed by atoms with van der Waals surface area (Å²) in [5.41, 5.74) is 6.03. The minimum atomic E-state index is -1.49. The van der Waals surface area contributed by atoms with Gasteiger partial charge in [-0.2, -0.15) is 12.6 Å². The highest BCUT2D eigenvalue weighted by Gasteiger charge is 2.30. The first kappa shape index (κ1) is 26.9. The first-order valence-electron chi connectivity index (χ1n) is 9.39. The van der Waals surface area contributed by atoms with Crippen LogP contribution in [0.4, 0.5) is 0 Å². The van der Waals surface area contributed by atoms with E-state index in [2.05, 4.69) is 38.5 Å². The Kier molecular flexibility index (Phi) is 11.2. The van der Waals surface area contributed by atoms with Gasteiger partial charge in [-0.1, -0.05) is 0 Å². The molecule has 0 saturated heterocycles. The van der Waals surface area contributed by atoms with Gasteiger partial charge >= 0.3 is 11.9 Å². The summed E-state index contributed by atoms with van der Waals surface area (Å²) in [5, 5.41) is 34.0. The fourth-order valence-electron chi connectivity index (χ4n) is 2.44. The molecule has 0 aliphatic rings. The van der Waals surface area contributed by atoms with Crippen LogP contribution >= 0.6 is 12.6 Å². The van der Waals surface area contributed by atoms with Crippen LogP contribution in [0.15, 0.2) is 12.5 Å². The second-order valence-corrected chi connectivity index (χ2v) is 7.07. The Morgan fingerprint density at radius 3 is 2.12 bits per heavy atom. The molecule has 0 radical (unpaired) electrons. The number of H-pyrrole nitrogens is 1. The van der Waals surface area contributed by atoms with Crippen molar-refractivity contribution in [3.8, 4) is 0 Å². The number of carbonyl (C=O) groups is 5. The highest BCUT2D eigenvalue weighted by molar-refractivity contribution is 7.80. The smallest absolute Gasteiger partial charge is 0.327 e. The number of carboxylic acids is 2. The standard InChI is InChI=1S/C17H26N6O8S/c18-9(1-2-13(25)26)14(27)22-11(5-24)16(29)21-10(3-8-4-19-7-20-8)15(28)23-12(6-32)17(30)31/h4,7,9-12,24,32H,1-3,5-6,18H2,(H,19,20)(H,21,29)(H,22,27)(H,23,28)(H,25,26)(H,30,31). The highest BCUT2D eigenvalue weighted by Crippen LogP contribution is 2.02. The summed E-state index contributed by atoms with van der Waals surface area (Å²) in [6.45, 7) is -0.837. The van der Waals surface area contributed by atoms with Gasteiger partial charge in [-0.25, -0.2) is 9.78 Å². The van der Waals surface area contributed by atoms with Crippen molar-refractivity contribution >= 4 is 42.3 Å². The third-order valence-electron chi connectivity index (χ3n) is 4.23. The van der Waals surface area contributed by atoms with Crippen molar-refractivity contribution in [2.75, 3.05) is 12.4 Å². The molecule has 4 unspecified atom stereocenters. The van der Waals surface area contributed by atoms with E-state index in [4.69, 9.17) is 15.9 Å². The van der Waals surface area contributed by atoms with E-state index in [9.17, 15) is 29.1 Å². The van der Waals surface area contributed by atoms with E-state index < -0.39 is 60.4 Å². The molecule has 9 N–H and O–H groups in total. The quantitative estimate of drug-likeness (QED) is 0.121. The molecule has 1 rings (SSSR count). The van der Waals surface area contributed by atoms with Crippen molar-refractivity contribution in [2.24, 2.45) is 5.73 Å². The molecule has 0 fully saturated rings. The predicted octanol–water partition coefficient (Wildman–Crippen LogP) is -3.39. The minimum Gasteiger partial charge on any atom is -0.481 e. The molecule has 14 nitrogen and oxygen atoms in total. The van der Waals surface area contributed by atoms with Gasteiger partial charge in [0.25, 0.3) is 0 Å². The Hall–Kier alpha value is -3.17. The number of nitrogens with one attached hydrogen (secondary N) is 4. The average molecular weight is 474 g/mol. The van der Waals surface area contributed by atoms with Crippen LogP contribution in [-0.4, -0.2) is 91.5 Å². The fourth-order valence-corrected chi connectivity index (χ4v) is 2.69. The number of carbonyl (C=O) groups excluding carboxylic acids is 3. The van der Waals surface area contributed by atoms with Crippen molar-refractivity contribution in [1.29, 1.82) is 0 Å². The molecule has 178 valence electrons. The lowest BCUT2D eigenvalue weighted by molar-refractivity contribution is -0.141. The Morgan fingerprint density at radius 1 is 1.03 bits per heavy atom. The Balaban J connectivity index is 2.87. The van der Waals surface area contributed by atoms with E-state index in [1.807, 2.05) is 0 Å². The molecular formula is C17H26N6O8S. The summed E-state index contributed by atoms with van der Waals surface area (Å²) in [6.07, 6.45) is 2.08. The normalized spacial score (nSPS) is 14.5. The van der Waals surface area contributed by atoms with Crippen LogP contribution in [0.25, 0.3) is 0 Å². The van der Waals surface area contributed by atoms with E-state index in [1.54, 1.807) is 0 Å². The van der Waals surface area contributed by atoms with Gasteiger partial charge < -0.3 is 42.0 Å². The molecule has 32 heavy (non-hydrogen) atoms. The Morgan fingerprint density at radius 2 is 1.62 bits per heavy atom. The van der Waals surface area contributed by atoms with Crippen LogP contribution in [0.1, 0.15) is 18.5 Å². The second-order valence-electron chi connectivity index (χ2n) is 6.71. The number of aromatic nitrogens is 2. The van der Waals surface area contributed by atoms with Gasteiger partial charge in [-0.3, -0.25) is 19.2 Å². The van der Waals surface area contributed by atoms with Crippen LogP contribution in [0, 0.1) is 0 Å². The number of aliphatic hydroxyl groups is 1. The Bertz CT molecular complexity index is 805. The van der Waals surface area contributed by atoms with Crippen molar-refractivity contribution in [1.82, 2.24) is 25.9 Å². The number of aliphatic carboxylic acids is 2. The molecule has 1 aromatic rings. The van der Waals surface area contributed by atoms with Gasteiger partial charge in [0.15, 0.2) is 0 Å². The summed E-state index contributed by atoms with van der Waals surface area (Å²) < 4.78 is 0. The molecule has 3 amide bonds. The molecule has 0 bridgehead atoms. The van der Waals surface area contributed by atoms with Gasteiger partial charge in [0.1, 0.15) is 18.1 Å². The summed E-state index contributed by atoms with van der Waals surface area (Å²) in [6, 6.07) is -5.32. The van der Waals surface area contributed by atoms with E-state index in [1.165, 1.54) is 12.5 Å². The number of aromatic amines is 1. The summed E-state index contributed by atoms with van der Waals surface area (Å²) in [4.78, 5) is 65.5. The third-order valence-corrected chi connectivity index (χ3v) is 4.60. The van der Waals surface area contributed by atoms with Crippen molar-refractivity contribution in [3.05, 3.63) is 18.2 Å². The number of rotatable bonds is 14. The van der Waals surface area contributed by atoms with Gasteiger partial charge in [0, 0.05) is 30.5 Å². The van der Waals surface area contributed by atoms with Crippen LogP contribution in [0.3, 0.4) is 0 Å². The molecule has 4 atom stereocenters. The number of amides is 3. The number of nitrogens with zero attached hydrogens (tertiary/aromatic N) is 1. The average Bonchev–Trinajstić information content (AvgIpc) is 3.25. The lowest BCUT2D eigenvalue weighted by Gasteiger charge is -2.24. The van der Waals surface area contributed by atoms with Crippen LogP contribution in [-0.2, 0) is 30.4 Å². The lowest BCUT2D eigenvalue weighted by atomic mass is 10.1. The first-order valence-corrected chi connectivity index (χ1v) is 10.0. The lowest BCUT2D eigenvalue weighted by Crippen LogP contribution is -2.58. The van der Waals surface area contributed by atoms with E-state index >= 15 is 0 Å². The maximum atomic E-state index is 12.6. The topological polar surface area (TPSA) is 237 Å². The zero-order valence-corrected chi connectivity index (χ0v) is 17.7. The zero-order valence-electron chi connectivity index (χ0n) is 16.9. The summed E-state index contributed by atoms with van der Waals surface area (Å²) >= 11 is 3.86. The van der Waals surface area contributed by atoms with Crippen LogP contribution < -0.4 is 21.7 Å². The Labute approximate surface area is 187 Å². The maximum Gasteiger partial charge on any atom is 0.327 e. The largest absolute Gasteiger partial charge is 0.481 e. The highest BCUT2D eigenvalue weighted by atomic mass is 32.1. The predicted molar refractivity (Wildman–Crippen MR) is 112 cm³/mol. The van der Waals surface area contributed by atoms with E-state index in [-0.39, 0.29) is 25.0 Å². The fraction of sp³-hybridized carbons (Fsp3) is 0.529. The number of thiol groups is 1. The molecule has 0 aliphatic carbocycles. The first-order chi connectivity index (χ1) is 15.1. The van der Waals surface area contributed by atoms with Crippen LogP contribution in [0.5, 0.6) is 0 Å². The SMILES string of the molecule is NC(CCC(=O)O)C(=O)NC(CO)C(=O)NC(Cc1cnc[nH]1)C(=O)NC(CS)C(=O)O. The van der Waals surface area contributed by atoms with Crippen molar-refractivity contribution in [2.45, 2.75) is 43.4 Å². The number of aliphatic hydroxyl groups excluding tert-OH is 1. The number of hydrogen-bond acceptors (Lipinski definition) is 9. The number of imidazole rings is 1.